The van der Waals surface area contributed by atoms with Gasteiger partial charge >= 0.3 is 0 Å². The summed E-state index contributed by atoms with van der Waals surface area (Å²) < 4.78 is 5.23. The van der Waals surface area contributed by atoms with Crippen molar-refractivity contribution in [3.8, 4) is 5.88 Å². The first-order chi connectivity index (χ1) is 7.58. The minimum atomic E-state index is -0.115. The van der Waals surface area contributed by atoms with Crippen LogP contribution in [0.1, 0.15) is 19.4 Å². The van der Waals surface area contributed by atoms with Crippen LogP contribution in [0.25, 0.3) is 0 Å². The highest BCUT2D eigenvalue weighted by Crippen LogP contribution is 2.05. The van der Waals surface area contributed by atoms with E-state index < -0.39 is 0 Å². The molecular weight excluding hydrogens is 204 g/mol. The van der Waals surface area contributed by atoms with Gasteiger partial charge in [-0.1, -0.05) is 19.9 Å². The smallest absolute Gasteiger partial charge is 0.258 e. The van der Waals surface area contributed by atoms with Gasteiger partial charge in [-0.3, -0.25) is 4.79 Å². The van der Waals surface area contributed by atoms with Gasteiger partial charge in [0.05, 0.1) is 0 Å². The Bertz CT molecular complexity index is 333. The summed E-state index contributed by atoms with van der Waals surface area (Å²) in [5.41, 5.74) is 1.07. The monoisotopic (exact) mass is 222 g/mol. The molecule has 0 bridgehead atoms. The zero-order valence-corrected chi connectivity index (χ0v) is 9.99. The van der Waals surface area contributed by atoms with Gasteiger partial charge in [-0.2, -0.15) is 0 Å². The third kappa shape index (κ3) is 4.77. The van der Waals surface area contributed by atoms with E-state index in [1.165, 1.54) is 0 Å². The second-order valence-electron chi connectivity index (χ2n) is 4.16. The van der Waals surface area contributed by atoms with Crippen molar-refractivity contribution in [2.75, 3.05) is 13.2 Å². The average Bonchev–Trinajstić information content (AvgIpc) is 2.25. The SMILES string of the molecule is Cc1ccc(OCC(=O)NCC(C)C)nc1. The number of carbonyl (C=O) groups excluding carboxylic acids is 1. The van der Waals surface area contributed by atoms with Gasteiger partial charge in [-0.05, 0) is 18.4 Å². The van der Waals surface area contributed by atoms with Crippen LogP contribution in [-0.2, 0) is 4.79 Å². The topological polar surface area (TPSA) is 51.2 Å². The Labute approximate surface area is 96.0 Å². The van der Waals surface area contributed by atoms with E-state index in [-0.39, 0.29) is 12.5 Å². The van der Waals surface area contributed by atoms with Gasteiger partial charge in [-0.15, -0.1) is 0 Å². The number of nitrogens with zero attached hydrogens (tertiary/aromatic N) is 1. The number of hydrogen-bond acceptors (Lipinski definition) is 3. The number of aromatic nitrogens is 1. The Hall–Kier alpha value is -1.58. The third-order valence-corrected chi connectivity index (χ3v) is 1.94. The van der Waals surface area contributed by atoms with Crippen molar-refractivity contribution in [1.29, 1.82) is 0 Å². The Morgan fingerprint density at radius 3 is 2.81 bits per heavy atom. The van der Waals surface area contributed by atoms with E-state index in [0.717, 1.165) is 5.56 Å². The molecule has 1 aromatic rings. The lowest BCUT2D eigenvalue weighted by molar-refractivity contribution is -0.123. The predicted molar refractivity (Wildman–Crippen MR) is 62.3 cm³/mol. The fourth-order valence-electron chi connectivity index (χ4n) is 1.05. The fraction of sp³-hybridized carbons (Fsp3) is 0.500. The average molecular weight is 222 g/mol. The van der Waals surface area contributed by atoms with Crippen LogP contribution in [0.15, 0.2) is 18.3 Å². The van der Waals surface area contributed by atoms with E-state index in [2.05, 4.69) is 10.3 Å². The summed E-state index contributed by atoms with van der Waals surface area (Å²) in [6.45, 7) is 6.73. The maximum absolute atomic E-state index is 11.3. The van der Waals surface area contributed by atoms with E-state index in [9.17, 15) is 4.79 Å². The van der Waals surface area contributed by atoms with Gasteiger partial charge in [0.2, 0.25) is 5.88 Å². The van der Waals surface area contributed by atoms with Crippen LogP contribution in [0, 0.1) is 12.8 Å². The molecule has 0 fully saturated rings. The molecule has 0 spiro atoms. The van der Waals surface area contributed by atoms with E-state index in [0.29, 0.717) is 18.3 Å². The number of ether oxygens (including phenoxy) is 1. The molecule has 1 rings (SSSR count). The molecule has 4 heteroatoms. The molecule has 0 unspecified atom stereocenters. The first-order valence-electron chi connectivity index (χ1n) is 5.40. The van der Waals surface area contributed by atoms with Crippen molar-refractivity contribution < 1.29 is 9.53 Å². The van der Waals surface area contributed by atoms with Crippen molar-refractivity contribution in [2.45, 2.75) is 20.8 Å². The second kappa shape index (κ2) is 6.10. The summed E-state index contributed by atoms with van der Waals surface area (Å²) in [6.07, 6.45) is 1.71. The van der Waals surface area contributed by atoms with Crippen LogP contribution < -0.4 is 10.1 Å². The lowest BCUT2D eigenvalue weighted by Crippen LogP contribution is -2.31. The molecule has 1 aromatic heterocycles. The van der Waals surface area contributed by atoms with Crippen molar-refractivity contribution in [3.63, 3.8) is 0 Å². The number of aryl methyl sites for hydroxylation is 1. The van der Waals surface area contributed by atoms with Crippen LogP contribution in [0.5, 0.6) is 5.88 Å². The molecule has 0 saturated heterocycles. The summed E-state index contributed by atoms with van der Waals surface area (Å²) in [5.74, 6) is 0.808. The zero-order chi connectivity index (χ0) is 12.0. The molecule has 16 heavy (non-hydrogen) atoms. The van der Waals surface area contributed by atoms with Gasteiger partial charge in [-0.25, -0.2) is 4.98 Å². The normalized spacial score (nSPS) is 10.2. The minimum Gasteiger partial charge on any atom is -0.468 e. The summed E-state index contributed by atoms with van der Waals surface area (Å²) in [7, 11) is 0. The Kier molecular flexibility index (Phi) is 4.76. The number of pyridine rings is 1. The maximum atomic E-state index is 11.3. The number of hydrogen-bond donors (Lipinski definition) is 1. The van der Waals surface area contributed by atoms with E-state index >= 15 is 0 Å². The van der Waals surface area contributed by atoms with Crippen LogP contribution in [0.4, 0.5) is 0 Å². The minimum absolute atomic E-state index is 0.0166. The molecule has 4 nitrogen and oxygen atoms in total. The quantitative estimate of drug-likeness (QED) is 0.822. The summed E-state index contributed by atoms with van der Waals surface area (Å²) in [4.78, 5) is 15.4. The lowest BCUT2D eigenvalue weighted by atomic mass is 10.2. The number of nitrogens with one attached hydrogen (secondary N) is 1. The van der Waals surface area contributed by atoms with Crippen molar-refractivity contribution in [3.05, 3.63) is 23.9 Å². The molecule has 0 atom stereocenters. The van der Waals surface area contributed by atoms with Gasteiger partial charge in [0.25, 0.3) is 5.91 Å². The zero-order valence-electron chi connectivity index (χ0n) is 9.99. The molecule has 1 amide bonds. The first-order valence-corrected chi connectivity index (χ1v) is 5.40. The number of carbonyl (C=O) groups is 1. The molecule has 88 valence electrons. The van der Waals surface area contributed by atoms with Gasteiger partial charge in [0.1, 0.15) is 0 Å². The fourth-order valence-corrected chi connectivity index (χ4v) is 1.05. The molecule has 1 N–H and O–H groups in total. The molecule has 0 radical (unpaired) electrons. The summed E-state index contributed by atoms with van der Waals surface area (Å²) in [5, 5.41) is 2.77. The number of rotatable bonds is 5. The first kappa shape index (κ1) is 12.5. The van der Waals surface area contributed by atoms with Crippen LogP contribution in [-0.4, -0.2) is 24.0 Å². The van der Waals surface area contributed by atoms with E-state index in [1.807, 2.05) is 26.8 Å². The lowest BCUT2D eigenvalue weighted by Gasteiger charge is -2.08. The molecule has 0 saturated carbocycles. The Morgan fingerprint density at radius 1 is 1.50 bits per heavy atom. The molecule has 0 aliphatic rings. The summed E-state index contributed by atoms with van der Waals surface area (Å²) >= 11 is 0. The van der Waals surface area contributed by atoms with Gasteiger partial charge in [0.15, 0.2) is 6.61 Å². The standard InChI is InChI=1S/C12H18N2O2/c1-9(2)6-13-11(15)8-16-12-5-4-10(3)7-14-12/h4-5,7,9H,6,8H2,1-3H3,(H,13,15). The van der Waals surface area contributed by atoms with Crippen molar-refractivity contribution in [2.24, 2.45) is 5.92 Å². The van der Waals surface area contributed by atoms with E-state index in [1.54, 1.807) is 12.3 Å². The summed E-state index contributed by atoms with van der Waals surface area (Å²) in [6, 6.07) is 3.65. The van der Waals surface area contributed by atoms with Crippen LogP contribution in [0.3, 0.4) is 0 Å². The number of amides is 1. The van der Waals surface area contributed by atoms with E-state index in [4.69, 9.17) is 4.74 Å². The third-order valence-electron chi connectivity index (χ3n) is 1.94. The van der Waals surface area contributed by atoms with Crippen LogP contribution in [0.2, 0.25) is 0 Å². The van der Waals surface area contributed by atoms with Gasteiger partial charge < -0.3 is 10.1 Å². The molecule has 1 heterocycles. The predicted octanol–water partition coefficient (Wildman–Crippen LogP) is 1.54. The second-order valence-corrected chi connectivity index (χ2v) is 4.16. The maximum Gasteiger partial charge on any atom is 0.258 e. The molecule has 0 aromatic carbocycles. The van der Waals surface area contributed by atoms with Crippen molar-refractivity contribution in [1.82, 2.24) is 10.3 Å². The Balaban J connectivity index is 2.29. The molecule has 0 aliphatic carbocycles. The van der Waals surface area contributed by atoms with Crippen LogP contribution >= 0.6 is 0 Å². The highest BCUT2D eigenvalue weighted by atomic mass is 16.5. The van der Waals surface area contributed by atoms with Gasteiger partial charge in [0, 0.05) is 18.8 Å². The highest BCUT2D eigenvalue weighted by Gasteiger charge is 2.03. The Morgan fingerprint density at radius 2 is 2.25 bits per heavy atom. The molecule has 0 aliphatic heterocycles. The largest absolute Gasteiger partial charge is 0.468 e. The highest BCUT2D eigenvalue weighted by molar-refractivity contribution is 5.77. The molecular formula is C12H18N2O2. The van der Waals surface area contributed by atoms with Crippen molar-refractivity contribution >= 4 is 5.91 Å².